The topological polar surface area (TPSA) is 55.1 Å². The standard InChI is InChI=1S/C24H27FN2O2/c1-24(2,3)20(23(28)29)15-11-13-16(14-12-15)21-18-9-6-10-19(25)22(18)27(26-21)17-7-4-5-8-17/h6,9-14,17,20H,4-5,7-8H2,1-3H3,(H,28,29). The first-order valence-electron chi connectivity index (χ1n) is 10.3. The molecule has 1 saturated carbocycles. The summed E-state index contributed by atoms with van der Waals surface area (Å²) >= 11 is 0. The van der Waals surface area contributed by atoms with Crippen LogP contribution in [0, 0.1) is 11.2 Å². The molecule has 1 atom stereocenters. The van der Waals surface area contributed by atoms with Crippen LogP contribution in [0.2, 0.25) is 0 Å². The fourth-order valence-corrected chi connectivity index (χ4v) is 4.62. The van der Waals surface area contributed by atoms with Crippen molar-refractivity contribution in [3.63, 3.8) is 0 Å². The SMILES string of the molecule is CC(C)(C)C(C(=O)O)c1ccc(-c2nn(C3CCCC3)c3c(F)cccc23)cc1. The number of fused-ring (bicyclic) bond motifs is 1. The second-order valence-corrected chi connectivity index (χ2v) is 9.13. The Morgan fingerprint density at radius 3 is 2.38 bits per heavy atom. The fourth-order valence-electron chi connectivity index (χ4n) is 4.62. The molecule has 4 rings (SSSR count). The van der Waals surface area contributed by atoms with Crippen molar-refractivity contribution >= 4 is 16.9 Å². The van der Waals surface area contributed by atoms with Gasteiger partial charge in [0.2, 0.25) is 0 Å². The summed E-state index contributed by atoms with van der Waals surface area (Å²) in [4.78, 5) is 11.8. The quantitative estimate of drug-likeness (QED) is 0.575. The lowest BCUT2D eigenvalue weighted by atomic mass is 9.76. The van der Waals surface area contributed by atoms with Crippen molar-refractivity contribution in [1.82, 2.24) is 9.78 Å². The molecule has 3 aromatic rings. The molecule has 1 aliphatic carbocycles. The summed E-state index contributed by atoms with van der Waals surface area (Å²) in [5.74, 6) is -1.67. The number of carbonyl (C=O) groups is 1. The van der Waals surface area contributed by atoms with Crippen molar-refractivity contribution in [2.45, 2.75) is 58.4 Å². The molecular formula is C24H27FN2O2. The highest BCUT2D eigenvalue weighted by Crippen LogP contribution is 2.39. The first-order valence-corrected chi connectivity index (χ1v) is 10.3. The zero-order chi connectivity index (χ0) is 20.8. The highest BCUT2D eigenvalue weighted by atomic mass is 19.1. The predicted molar refractivity (Wildman–Crippen MR) is 112 cm³/mol. The van der Waals surface area contributed by atoms with Crippen LogP contribution in [-0.2, 0) is 4.79 Å². The number of carboxylic acids is 1. The Kier molecular flexibility index (Phi) is 4.93. The third kappa shape index (κ3) is 3.54. The smallest absolute Gasteiger partial charge is 0.311 e. The van der Waals surface area contributed by atoms with Crippen molar-refractivity contribution in [3.05, 3.63) is 53.8 Å². The normalized spacial score (nSPS) is 16.4. The Labute approximate surface area is 170 Å². The molecule has 0 spiro atoms. The number of carboxylic acid groups (broad SMARTS) is 1. The highest BCUT2D eigenvalue weighted by molar-refractivity contribution is 5.94. The lowest BCUT2D eigenvalue weighted by molar-refractivity contribution is -0.141. The Morgan fingerprint density at radius 1 is 1.14 bits per heavy atom. The van der Waals surface area contributed by atoms with Gasteiger partial charge in [0.15, 0.2) is 0 Å². The van der Waals surface area contributed by atoms with Gasteiger partial charge in [-0.15, -0.1) is 0 Å². The van der Waals surface area contributed by atoms with E-state index in [1.165, 1.54) is 6.07 Å². The van der Waals surface area contributed by atoms with Crippen molar-refractivity contribution < 1.29 is 14.3 Å². The molecule has 1 heterocycles. The number of aliphatic carboxylic acids is 1. The van der Waals surface area contributed by atoms with Gasteiger partial charge in [0, 0.05) is 10.9 Å². The maximum atomic E-state index is 14.7. The molecule has 1 unspecified atom stereocenters. The Morgan fingerprint density at radius 2 is 1.79 bits per heavy atom. The van der Waals surface area contributed by atoms with E-state index in [9.17, 15) is 14.3 Å². The number of halogens is 1. The summed E-state index contributed by atoms with van der Waals surface area (Å²) in [6.07, 6.45) is 4.34. The maximum Gasteiger partial charge on any atom is 0.311 e. The van der Waals surface area contributed by atoms with Crippen molar-refractivity contribution in [2.24, 2.45) is 5.41 Å². The summed E-state index contributed by atoms with van der Waals surface area (Å²) < 4.78 is 16.6. The van der Waals surface area contributed by atoms with E-state index in [0.29, 0.717) is 5.52 Å². The van der Waals surface area contributed by atoms with E-state index in [0.717, 1.165) is 47.9 Å². The van der Waals surface area contributed by atoms with Gasteiger partial charge >= 0.3 is 5.97 Å². The van der Waals surface area contributed by atoms with Crippen molar-refractivity contribution in [1.29, 1.82) is 0 Å². The molecule has 5 heteroatoms. The van der Waals surface area contributed by atoms with E-state index >= 15 is 0 Å². The molecule has 0 saturated heterocycles. The van der Waals surface area contributed by atoms with Crippen LogP contribution in [0.3, 0.4) is 0 Å². The van der Waals surface area contributed by atoms with Gasteiger partial charge < -0.3 is 5.11 Å². The zero-order valence-corrected chi connectivity index (χ0v) is 17.2. The lowest BCUT2D eigenvalue weighted by Gasteiger charge is -2.27. The van der Waals surface area contributed by atoms with E-state index in [-0.39, 0.29) is 11.9 Å². The van der Waals surface area contributed by atoms with Crippen LogP contribution in [0.25, 0.3) is 22.2 Å². The van der Waals surface area contributed by atoms with Gasteiger partial charge in [0.25, 0.3) is 0 Å². The molecule has 1 N–H and O–H groups in total. The van der Waals surface area contributed by atoms with Crippen LogP contribution < -0.4 is 0 Å². The summed E-state index contributed by atoms with van der Waals surface area (Å²) in [5, 5.41) is 15.3. The fraction of sp³-hybridized carbons (Fsp3) is 0.417. The third-order valence-electron chi connectivity index (χ3n) is 5.98. The van der Waals surface area contributed by atoms with Gasteiger partial charge in [-0.25, -0.2) is 4.39 Å². The van der Waals surface area contributed by atoms with Crippen molar-refractivity contribution in [3.8, 4) is 11.3 Å². The van der Waals surface area contributed by atoms with Gasteiger partial charge in [0.1, 0.15) is 17.0 Å². The van der Waals surface area contributed by atoms with Crippen LogP contribution in [0.5, 0.6) is 0 Å². The first-order chi connectivity index (χ1) is 13.8. The van der Waals surface area contributed by atoms with E-state index < -0.39 is 17.3 Å². The summed E-state index contributed by atoms with van der Waals surface area (Å²) in [7, 11) is 0. The van der Waals surface area contributed by atoms with E-state index in [4.69, 9.17) is 5.10 Å². The number of hydrogen-bond acceptors (Lipinski definition) is 2. The third-order valence-corrected chi connectivity index (χ3v) is 5.98. The molecular weight excluding hydrogens is 367 g/mol. The minimum atomic E-state index is -0.830. The minimum absolute atomic E-state index is 0.236. The molecule has 29 heavy (non-hydrogen) atoms. The molecule has 0 bridgehead atoms. The second-order valence-electron chi connectivity index (χ2n) is 9.13. The van der Waals surface area contributed by atoms with Crippen LogP contribution in [0.4, 0.5) is 4.39 Å². The summed E-state index contributed by atoms with van der Waals surface area (Å²) in [6.45, 7) is 5.79. The molecule has 152 valence electrons. The molecule has 1 aliphatic rings. The van der Waals surface area contributed by atoms with Gasteiger partial charge in [-0.2, -0.15) is 5.10 Å². The predicted octanol–water partition coefficient (Wildman–Crippen LogP) is 6.17. The molecule has 4 nitrogen and oxygen atoms in total. The molecule has 0 radical (unpaired) electrons. The average molecular weight is 394 g/mol. The summed E-state index contributed by atoms with van der Waals surface area (Å²) in [5.41, 5.74) is 2.56. The zero-order valence-electron chi connectivity index (χ0n) is 17.2. The number of benzene rings is 2. The molecule has 0 amide bonds. The number of nitrogens with zero attached hydrogens (tertiary/aromatic N) is 2. The number of rotatable bonds is 4. The first kappa shape index (κ1) is 19.6. The molecule has 0 aliphatic heterocycles. The Hall–Kier alpha value is -2.69. The minimum Gasteiger partial charge on any atom is -0.481 e. The van der Waals surface area contributed by atoms with Crippen LogP contribution in [-0.4, -0.2) is 20.9 Å². The number of hydrogen-bond donors (Lipinski definition) is 1. The average Bonchev–Trinajstić information content (AvgIpc) is 3.29. The van der Waals surface area contributed by atoms with Crippen molar-refractivity contribution in [2.75, 3.05) is 0 Å². The number of aromatic nitrogens is 2. The largest absolute Gasteiger partial charge is 0.481 e. The second kappa shape index (κ2) is 7.29. The molecule has 2 aromatic carbocycles. The van der Waals surface area contributed by atoms with Crippen LogP contribution in [0.1, 0.15) is 64.0 Å². The van der Waals surface area contributed by atoms with E-state index in [1.807, 2.05) is 55.8 Å². The van der Waals surface area contributed by atoms with Gasteiger partial charge in [-0.05, 0) is 29.9 Å². The van der Waals surface area contributed by atoms with Gasteiger partial charge in [-0.1, -0.05) is 70.0 Å². The highest BCUT2D eigenvalue weighted by Gasteiger charge is 2.32. The van der Waals surface area contributed by atoms with Crippen LogP contribution in [0.15, 0.2) is 42.5 Å². The number of para-hydroxylation sites is 1. The van der Waals surface area contributed by atoms with Crippen LogP contribution >= 0.6 is 0 Å². The molecule has 1 aromatic heterocycles. The van der Waals surface area contributed by atoms with E-state index in [2.05, 4.69) is 0 Å². The van der Waals surface area contributed by atoms with E-state index in [1.54, 1.807) is 6.07 Å². The maximum absolute atomic E-state index is 14.7. The molecule has 1 fully saturated rings. The Bertz CT molecular complexity index is 1040. The van der Waals surface area contributed by atoms with Gasteiger partial charge in [-0.3, -0.25) is 9.48 Å². The monoisotopic (exact) mass is 394 g/mol. The summed E-state index contributed by atoms with van der Waals surface area (Å²) in [6, 6.07) is 12.9. The van der Waals surface area contributed by atoms with Gasteiger partial charge in [0.05, 0.1) is 12.0 Å². The lowest BCUT2D eigenvalue weighted by Crippen LogP contribution is -2.26. The Balaban J connectivity index is 1.79.